The first-order chi connectivity index (χ1) is 20.3. The second kappa shape index (κ2) is 9.62. The van der Waals surface area contributed by atoms with Crippen molar-refractivity contribution in [3.63, 3.8) is 0 Å². The molecule has 6 aromatic carbocycles. The number of hydrogen-bond acceptors (Lipinski definition) is 2. The van der Waals surface area contributed by atoms with E-state index in [1.807, 2.05) is 12.3 Å². The third kappa shape index (κ3) is 3.92. The summed E-state index contributed by atoms with van der Waals surface area (Å²) in [5.41, 5.74) is 13.4. The van der Waals surface area contributed by atoms with Gasteiger partial charge in [0.2, 0.25) is 0 Å². The average Bonchev–Trinajstić information content (AvgIpc) is 3.38. The molecule has 2 nitrogen and oxygen atoms in total. The molecular weight excluding hydrogens is 496 g/mol. The fourth-order valence-corrected chi connectivity index (χ4v) is 6.21. The molecule has 0 aliphatic heterocycles. The van der Waals surface area contributed by atoms with E-state index in [1.165, 1.54) is 44.2 Å². The van der Waals surface area contributed by atoms with Gasteiger partial charge in [0, 0.05) is 29.5 Å². The van der Waals surface area contributed by atoms with Crippen LogP contribution < -0.4 is 4.90 Å². The Labute approximate surface area is 239 Å². The lowest BCUT2D eigenvalue weighted by Crippen LogP contribution is -2.09. The molecule has 7 aromatic rings. The maximum Gasteiger partial charge on any atom is 0.0462 e. The Morgan fingerprint density at radius 1 is 0.366 bits per heavy atom. The molecule has 0 radical (unpaired) electrons. The molecule has 0 saturated heterocycles. The van der Waals surface area contributed by atoms with Crippen molar-refractivity contribution in [2.24, 2.45) is 0 Å². The Hall–Kier alpha value is -5.47. The highest BCUT2D eigenvalue weighted by atomic mass is 15.1. The molecule has 0 bridgehead atoms. The van der Waals surface area contributed by atoms with Crippen LogP contribution in [-0.4, -0.2) is 4.98 Å². The van der Waals surface area contributed by atoms with Crippen molar-refractivity contribution in [3.8, 4) is 44.5 Å². The predicted octanol–water partition coefficient (Wildman–Crippen LogP) is 10.7. The fourth-order valence-electron chi connectivity index (χ4n) is 6.21. The van der Waals surface area contributed by atoms with Gasteiger partial charge in [-0.1, -0.05) is 103 Å². The maximum atomic E-state index is 4.28. The Morgan fingerprint density at radius 3 is 1.63 bits per heavy atom. The predicted molar refractivity (Wildman–Crippen MR) is 172 cm³/mol. The van der Waals surface area contributed by atoms with Crippen LogP contribution in [0.4, 0.5) is 17.1 Å². The van der Waals surface area contributed by atoms with Crippen molar-refractivity contribution in [1.29, 1.82) is 0 Å². The van der Waals surface area contributed by atoms with E-state index in [9.17, 15) is 0 Å². The van der Waals surface area contributed by atoms with Crippen LogP contribution in [0, 0.1) is 0 Å². The molecule has 0 atom stereocenters. The molecule has 1 aliphatic rings. The van der Waals surface area contributed by atoms with Gasteiger partial charge in [-0.2, -0.15) is 0 Å². The quantitative estimate of drug-likeness (QED) is 0.223. The van der Waals surface area contributed by atoms with Crippen LogP contribution in [0.1, 0.15) is 0 Å². The molecular formula is C39H26N2. The summed E-state index contributed by atoms with van der Waals surface area (Å²) in [6.07, 6.45) is 3.71. The van der Waals surface area contributed by atoms with Crippen LogP contribution in [0.25, 0.3) is 55.3 Å². The van der Waals surface area contributed by atoms with Gasteiger partial charge in [0.15, 0.2) is 0 Å². The topological polar surface area (TPSA) is 16.1 Å². The van der Waals surface area contributed by atoms with Gasteiger partial charge in [-0.3, -0.25) is 4.98 Å². The van der Waals surface area contributed by atoms with Crippen molar-refractivity contribution in [3.05, 3.63) is 158 Å². The Kier molecular flexibility index (Phi) is 5.49. The first-order valence-electron chi connectivity index (χ1n) is 14.0. The smallest absolute Gasteiger partial charge is 0.0462 e. The van der Waals surface area contributed by atoms with Crippen molar-refractivity contribution in [2.45, 2.75) is 0 Å². The van der Waals surface area contributed by atoms with E-state index < -0.39 is 0 Å². The van der Waals surface area contributed by atoms with Crippen LogP contribution in [0.5, 0.6) is 0 Å². The monoisotopic (exact) mass is 522 g/mol. The minimum Gasteiger partial charge on any atom is -0.311 e. The van der Waals surface area contributed by atoms with Crippen LogP contribution in [0.2, 0.25) is 0 Å². The van der Waals surface area contributed by atoms with Crippen molar-refractivity contribution in [1.82, 2.24) is 4.98 Å². The molecule has 1 aliphatic carbocycles. The summed E-state index contributed by atoms with van der Waals surface area (Å²) in [5.74, 6) is 0. The molecule has 1 heterocycles. The minimum atomic E-state index is 1.11. The van der Waals surface area contributed by atoms with Crippen molar-refractivity contribution < 1.29 is 0 Å². The summed E-state index contributed by atoms with van der Waals surface area (Å²) in [4.78, 5) is 6.59. The lowest BCUT2D eigenvalue weighted by Gasteiger charge is -2.26. The second-order valence-electron chi connectivity index (χ2n) is 10.4. The van der Waals surface area contributed by atoms with E-state index in [-0.39, 0.29) is 0 Å². The Bertz CT molecular complexity index is 1980. The van der Waals surface area contributed by atoms with Crippen molar-refractivity contribution in [2.75, 3.05) is 4.90 Å². The SMILES string of the molecule is c1ccc(N(c2ccc(-c3cccnc3)cc2)c2ccc(-c3ccc4c5c(cccc35)-c3ccccc3-4)cc2)cc1. The van der Waals surface area contributed by atoms with E-state index in [1.54, 1.807) is 6.20 Å². The largest absolute Gasteiger partial charge is 0.311 e. The maximum absolute atomic E-state index is 4.28. The van der Waals surface area contributed by atoms with E-state index in [2.05, 4.69) is 149 Å². The van der Waals surface area contributed by atoms with Gasteiger partial charge in [-0.05, 0) is 97.7 Å². The van der Waals surface area contributed by atoms with Gasteiger partial charge in [0.25, 0.3) is 0 Å². The number of hydrogen-bond donors (Lipinski definition) is 0. The van der Waals surface area contributed by atoms with Gasteiger partial charge in [-0.25, -0.2) is 0 Å². The highest BCUT2D eigenvalue weighted by Crippen LogP contribution is 2.49. The Balaban J connectivity index is 1.19. The third-order valence-corrected chi connectivity index (χ3v) is 8.12. The molecule has 192 valence electrons. The number of benzene rings is 6. The normalized spacial score (nSPS) is 11.4. The van der Waals surface area contributed by atoms with E-state index in [0.717, 1.165) is 28.2 Å². The third-order valence-electron chi connectivity index (χ3n) is 8.12. The summed E-state index contributed by atoms with van der Waals surface area (Å²) in [7, 11) is 0. The van der Waals surface area contributed by atoms with Crippen molar-refractivity contribution >= 4 is 27.8 Å². The summed E-state index contributed by atoms with van der Waals surface area (Å²) in [5, 5.41) is 2.66. The van der Waals surface area contributed by atoms with Crippen LogP contribution in [0.15, 0.2) is 158 Å². The molecule has 0 amide bonds. The van der Waals surface area contributed by atoms with Gasteiger partial charge < -0.3 is 4.90 Å². The summed E-state index contributed by atoms with van der Waals surface area (Å²) >= 11 is 0. The van der Waals surface area contributed by atoms with E-state index >= 15 is 0 Å². The molecule has 0 N–H and O–H groups in total. The van der Waals surface area contributed by atoms with Gasteiger partial charge in [0.05, 0.1) is 0 Å². The van der Waals surface area contributed by atoms with Gasteiger partial charge in [0.1, 0.15) is 0 Å². The first-order valence-corrected chi connectivity index (χ1v) is 14.0. The zero-order valence-corrected chi connectivity index (χ0v) is 22.4. The van der Waals surface area contributed by atoms with Gasteiger partial charge >= 0.3 is 0 Å². The van der Waals surface area contributed by atoms with Crippen LogP contribution in [0.3, 0.4) is 0 Å². The average molecular weight is 523 g/mol. The molecule has 41 heavy (non-hydrogen) atoms. The molecule has 0 fully saturated rings. The molecule has 0 unspecified atom stereocenters. The van der Waals surface area contributed by atoms with Crippen LogP contribution in [-0.2, 0) is 0 Å². The number of rotatable bonds is 5. The summed E-state index contributed by atoms with van der Waals surface area (Å²) < 4.78 is 0. The summed E-state index contributed by atoms with van der Waals surface area (Å²) in [6, 6.07) is 52.3. The number of nitrogens with zero attached hydrogens (tertiary/aromatic N) is 2. The number of anilines is 3. The van der Waals surface area contributed by atoms with E-state index in [0.29, 0.717) is 0 Å². The highest BCUT2D eigenvalue weighted by Gasteiger charge is 2.22. The van der Waals surface area contributed by atoms with Gasteiger partial charge in [-0.15, -0.1) is 0 Å². The molecule has 8 rings (SSSR count). The standard InChI is InChI=1S/C39H26N2/c1-2-9-30(10-3-1)41(31-19-15-27(16-20-31)29-8-7-25-40-26-29)32-21-17-28(18-22-32)33-23-24-38-35-12-5-4-11-34(35)37-14-6-13-36(33)39(37)38/h1-26H. The molecule has 0 spiro atoms. The Morgan fingerprint density at radius 2 is 0.951 bits per heavy atom. The molecule has 1 aromatic heterocycles. The fraction of sp³-hybridized carbons (Fsp3) is 0. The number of pyridine rings is 1. The molecule has 0 saturated carbocycles. The lowest BCUT2D eigenvalue weighted by molar-refractivity contribution is 1.28. The molecule has 2 heteroatoms. The number of fused-ring (bicyclic) bond motifs is 3. The lowest BCUT2D eigenvalue weighted by atomic mass is 9.94. The highest BCUT2D eigenvalue weighted by molar-refractivity contribution is 6.18. The van der Waals surface area contributed by atoms with Crippen LogP contribution >= 0.6 is 0 Å². The number of aromatic nitrogens is 1. The number of para-hydroxylation sites is 1. The summed E-state index contributed by atoms with van der Waals surface area (Å²) in [6.45, 7) is 0. The zero-order chi connectivity index (χ0) is 27.2. The van der Waals surface area contributed by atoms with E-state index in [4.69, 9.17) is 0 Å². The second-order valence-corrected chi connectivity index (χ2v) is 10.4. The minimum absolute atomic E-state index is 1.11. The first kappa shape index (κ1) is 23.4. The zero-order valence-electron chi connectivity index (χ0n) is 22.4.